The molecule has 240 valence electrons. The molecule has 1 aliphatic carbocycles. The van der Waals surface area contributed by atoms with Gasteiger partial charge in [-0.1, -0.05) is 86.0 Å². The summed E-state index contributed by atoms with van der Waals surface area (Å²) in [4.78, 5) is 29.2. The van der Waals surface area contributed by atoms with Crippen LogP contribution in [0, 0.1) is 0 Å². The molecule has 0 aromatic heterocycles. The van der Waals surface area contributed by atoms with Crippen molar-refractivity contribution in [3.63, 3.8) is 0 Å². The number of rotatable bonds is 13. The van der Waals surface area contributed by atoms with E-state index in [1.807, 2.05) is 60.7 Å². The Hall–Kier alpha value is -4.63. The zero-order valence-electron chi connectivity index (χ0n) is 26.1. The molecule has 1 fully saturated rings. The number of carbonyl (C=O) groups is 2. The van der Waals surface area contributed by atoms with Gasteiger partial charge in [0.05, 0.1) is 10.6 Å². The maximum absolute atomic E-state index is 14.2. The molecular weight excluding hydrogens is 598 g/mol. The lowest BCUT2D eigenvalue weighted by Gasteiger charge is -2.33. The van der Waals surface area contributed by atoms with Gasteiger partial charge in [-0.15, -0.1) is 0 Å². The Bertz CT molecular complexity index is 1660. The van der Waals surface area contributed by atoms with E-state index in [4.69, 9.17) is 4.74 Å². The number of nitrogens with zero attached hydrogens (tertiary/aromatic N) is 2. The molecule has 1 aliphatic rings. The summed E-state index contributed by atoms with van der Waals surface area (Å²) in [5.74, 6) is 0.476. The zero-order chi connectivity index (χ0) is 32.4. The molecule has 1 N–H and O–H groups in total. The van der Waals surface area contributed by atoms with Gasteiger partial charge < -0.3 is 15.0 Å². The molecule has 9 heteroatoms. The average Bonchev–Trinajstić information content (AvgIpc) is 3.09. The maximum atomic E-state index is 14.2. The van der Waals surface area contributed by atoms with Crippen molar-refractivity contribution in [2.45, 2.75) is 62.4 Å². The van der Waals surface area contributed by atoms with Crippen molar-refractivity contribution in [3.05, 3.63) is 121 Å². The van der Waals surface area contributed by atoms with Crippen molar-refractivity contribution in [2.75, 3.05) is 17.4 Å². The van der Waals surface area contributed by atoms with Gasteiger partial charge in [0.15, 0.2) is 0 Å². The topological polar surface area (TPSA) is 96.0 Å². The highest BCUT2D eigenvalue weighted by molar-refractivity contribution is 7.92. The van der Waals surface area contributed by atoms with Crippen molar-refractivity contribution in [2.24, 2.45) is 0 Å². The van der Waals surface area contributed by atoms with Crippen LogP contribution in [0.5, 0.6) is 11.5 Å². The number of ether oxygens (including phenoxy) is 1. The third-order valence-corrected chi connectivity index (χ3v) is 10.1. The molecule has 46 heavy (non-hydrogen) atoms. The van der Waals surface area contributed by atoms with E-state index in [0.717, 1.165) is 42.0 Å². The number of hydrogen-bond acceptors (Lipinski definition) is 5. The number of nitrogens with one attached hydrogen (secondary N) is 1. The van der Waals surface area contributed by atoms with Crippen LogP contribution in [-0.2, 0) is 26.0 Å². The Morgan fingerprint density at radius 1 is 0.783 bits per heavy atom. The van der Waals surface area contributed by atoms with Crippen molar-refractivity contribution in [1.82, 2.24) is 10.2 Å². The Kier molecular flexibility index (Phi) is 11.1. The number of carbonyl (C=O) groups excluding carboxylic acids is 2. The summed E-state index contributed by atoms with van der Waals surface area (Å²) in [6.07, 6.45) is 5.65. The average molecular weight is 640 g/mol. The SMILES string of the molecule is C[C@H](C(=O)NC1CCCCC1)N(CCc1ccccc1)C(=O)CN(c1ccc(Oc2ccccc2)cc1)S(=O)(=O)c1ccccc1. The minimum Gasteiger partial charge on any atom is -0.457 e. The van der Waals surface area contributed by atoms with Crippen LogP contribution in [0.3, 0.4) is 0 Å². The lowest BCUT2D eigenvalue weighted by Crippen LogP contribution is -2.53. The Labute approximate surface area is 272 Å². The number of benzene rings is 4. The molecule has 8 nitrogen and oxygen atoms in total. The normalized spacial score (nSPS) is 14.2. The Morgan fingerprint density at radius 3 is 1.98 bits per heavy atom. The van der Waals surface area contributed by atoms with Crippen LogP contribution >= 0.6 is 0 Å². The summed E-state index contributed by atoms with van der Waals surface area (Å²) in [7, 11) is -4.15. The molecule has 5 rings (SSSR count). The predicted octanol–water partition coefficient (Wildman–Crippen LogP) is 6.58. The first kappa shape index (κ1) is 32.8. The lowest BCUT2D eigenvalue weighted by molar-refractivity contribution is -0.139. The fourth-order valence-electron chi connectivity index (χ4n) is 5.69. The molecule has 0 saturated heterocycles. The molecule has 4 aromatic carbocycles. The zero-order valence-corrected chi connectivity index (χ0v) is 26.9. The smallest absolute Gasteiger partial charge is 0.264 e. The highest BCUT2D eigenvalue weighted by Gasteiger charge is 2.33. The summed E-state index contributed by atoms with van der Waals surface area (Å²) < 4.78 is 35.1. The first-order valence-corrected chi connectivity index (χ1v) is 17.3. The number of para-hydroxylation sites is 1. The standard InChI is InChI=1S/C37H41N3O5S/c1-29(37(42)38-31-16-8-3-9-17-31)39(27-26-30-14-6-2-7-15-30)36(41)28-40(46(43,44)35-20-12-5-13-21-35)32-22-24-34(25-23-32)45-33-18-10-4-11-19-33/h2,4-7,10-15,18-25,29,31H,3,8-9,16-17,26-28H2,1H3,(H,38,42)/t29-/m1/s1. The van der Waals surface area contributed by atoms with E-state index < -0.39 is 28.5 Å². The molecule has 0 unspecified atom stereocenters. The maximum Gasteiger partial charge on any atom is 0.264 e. The third-order valence-electron chi connectivity index (χ3n) is 8.32. The van der Waals surface area contributed by atoms with E-state index in [1.165, 1.54) is 17.0 Å². The number of amides is 2. The minimum atomic E-state index is -4.15. The number of hydrogen-bond donors (Lipinski definition) is 1. The quantitative estimate of drug-likeness (QED) is 0.178. The molecule has 0 aliphatic heterocycles. The number of anilines is 1. The Balaban J connectivity index is 1.42. The fourth-order valence-corrected chi connectivity index (χ4v) is 7.13. The van der Waals surface area contributed by atoms with Crippen molar-refractivity contribution < 1.29 is 22.7 Å². The Morgan fingerprint density at radius 2 is 1.35 bits per heavy atom. The van der Waals surface area contributed by atoms with Crippen molar-refractivity contribution >= 4 is 27.5 Å². The van der Waals surface area contributed by atoms with Gasteiger partial charge in [-0.25, -0.2) is 8.42 Å². The second-order valence-corrected chi connectivity index (χ2v) is 13.4. The summed E-state index contributed by atoms with van der Waals surface area (Å²) in [6, 6.07) is 32.9. The first-order valence-electron chi connectivity index (χ1n) is 15.9. The van der Waals surface area contributed by atoms with Gasteiger partial charge >= 0.3 is 0 Å². The van der Waals surface area contributed by atoms with Crippen molar-refractivity contribution in [3.8, 4) is 11.5 Å². The van der Waals surface area contributed by atoms with Crippen LogP contribution < -0.4 is 14.4 Å². The van der Waals surface area contributed by atoms with Crippen LogP contribution in [-0.4, -0.2) is 50.3 Å². The van der Waals surface area contributed by atoms with E-state index in [2.05, 4.69) is 5.32 Å². The second-order valence-electron chi connectivity index (χ2n) is 11.6. The summed E-state index contributed by atoms with van der Waals surface area (Å²) in [5.41, 5.74) is 1.32. The van der Waals surface area contributed by atoms with Gasteiger partial charge in [0.1, 0.15) is 24.1 Å². The fraction of sp³-hybridized carbons (Fsp3) is 0.297. The van der Waals surface area contributed by atoms with Crippen LogP contribution in [0.2, 0.25) is 0 Å². The van der Waals surface area contributed by atoms with Gasteiger partial charge in [-0.3, -0.25) is 13.9 Å². The molecule has 2 amide bonds. The lowest BCUT2D eigenvalue weighted by atomic mass is 9.95. The largest absolute Gasteiger partial charge is 0.457 e. The molecule has 4 aromatic rings. The summed E-state index contributed by atoms with van der Waals surface area (Å²) in [5, 5.41) is 3.14. The highest BCUT2D eigenvalue weighted by atomic mass is 32.2. The van der Waals surface area contributed by atoms with Gasteiger partial charge in [0.25, 0.3) is 10.0 Å². The minimum absolute atomic E-state index is 0.0614. The predicted molar refractivity (Wildman–Crippen MR) is 180 cm³/mol. The van der Waals surface area contributed by atoms with Gasteiger partial charge in [-0.05, 0) is 80.3 Å². The molecule has 0 heterocycles. The van der Waals surface area contributed by atoms with E-state index in [1.54, 1.807) is 49.4 Å². The van der Waals surface area contributed by atoms with Crippen LogP contribution in [0.1, 0.15) is 44.6 Å². The molecule has 0 radical (unpaired) electrons. The summed E-state index contributed by atoms with van der Waals surface area (Å²) >= 11 is 0. The molecule has 1 atom stereocenters. The first-order chi connectivity index (χ1) is 22.3. The van der Waals surface area contributed by atoms with Crippen molar-refractivity contribution in [1.29, 1.82) is 0 Å². The molecule has 1 saturated carbocycles. The van der Waals surface area contributed by atoms with Gasteiger partial charge in [0, 0.05) is 12.6 Å². The van der Waals surface area contributed by atoms with E-state index in [-0.39, 0.29) is 23.4 Å². The van der Waals surface area contributed by atoms with Crippen LogP contribution in [0.15, 0.2) is 120 Å². The highest BCUT2D eigenvalue weighted by Crippen LogP contribution is 2.28. The summed E-state index contributed by atoms with van der Waals surface area (Å²) in [6.45, 7) is 1.49. The molecule has 0 bridgehead atoms. The second kappa shape index (κ2) is 15.6. The van der Waals surface area contributed by atoms with E-state index in [9.17, 15) is 18.0 Å². The van der Waals surface area contributed by atoms with Gasteiger partial charge in [0.2, 0.25) is 11.8 Å². The van der Waals surface area contributed by atoms with E-state index in [0.29, 0.717) is 23.6 Å². The number of sulfonamides is 1. The van der Waals surface area contributed by atoms with Crippen LogP contribution in [0.4, 0.5) is 5.69 Å². The van der Waals surface area contributed by atoms with Crippen LogP contribution in [0.25, 0.3) is 0 Å². The monoisotopic (exact) mass is 639 g/mol. The van der Waals surface area contributed by atoms with E-state index >= 15 is 0 Å². The van der Waals surface area contributed by atoms with Gasteiger partial charge in [-0.2, -0.15) is 0 Å². The molecular formula is C37H41N3O5S. The molecule has 0 spiro atoms. The third kappa shape index (κ3) is 8.54.